The summed E-state index contributed by atoms with van der Waals surface area (Å²) >= 11 is 6.31. The first-order valence-electron chi connectivity index (χ1n) is 6.72. The van der Waals surface area contributed by atoms with Crippen LogP contribution in [0, 0.1) is 6.92 Å². The van der Waals surface area contributed by atoms with E-state index in [1.165, 1.54) is 11.3 Å². The van der Waals surface area contributed by atoms with Gasteiger partial charge in [0.1, 0.15) is 0 Å². The molecule has 0 bridgehead atoms. The van der Waals surface area contributed by atoms with E-state index in [-0.39, 0.29) is 4.87 Å². The van der Waals surface area contributed by atoms with Crippen LogP contribution in [0.4, 0.5) is 0 Å². The SMILES string of the molecule is Cc1csc(=O)n1CCSc1ncc(-c2ccc(Br)cc2)[nH]1. The minimum absolute atomic E-state index is 0.105. The maximum absolute atomic E-state index is 11.6. The van der Waals surface area contributed by atoms with Gasteiger partial charge in [-0.3, -0.25) is 4.79 Å². The number of rotatable bonds is 5. The zero-order valence-corrected chi connectivity index (χ0v) is 15.1. The molecule has 2 aromatic heterocycles. The largest absolute Gasteiger partial charge is 0.333 e. The summed E-state index contributed by atoms with van der Waals surface area (Å²) < 4.78 is 2.86. The smallest absolute Gasteiger partial charge is 0.307 e. The molecule has 0 saturated heterocycles. The molecule has 22 heavy (non-hydrogen) atoms. The number of hydrogen-bond donors (Lipinski definition) is 1. The van der Waals surface area contributed by atoms with Gasteiger partial charge in [-0.1, -0.05) is 51.2 Å². The Morgan fingerprint density at radius 3 is 2.82 bits per heavy atom. The van der Waals surface area contributed by atoms with Crippen LogP contribution in [-0.2, 0) is 6.54 Å². The molecule has 2 heterocycles. The van der Waals surface area contributed by atoms with Crippen molar-refractivity contribution in [2.24, 2.45) is 0 Å². The minimum Gasteiger partial charge on any atom is -0.333 e. The molecule has 0 aliphatic carbocycles. The molecule has 0 saturated carbocycles. The molecule has 3 rings (SSSR count). The molecule has 4 nitrogen and oxygen atoms in total. The van der Waals surface area contributed by atoms with Crippen LogP contribution >= 0.6 is 39.0 Å². The molecule has 7 heteroatoms. The summed E-state index contributed by atoms with van der Waals surface area (Å²) in [5, 5.41) is 2.77. The van der Waals surface area contributed by atoms with Crippen LogP contribution in [0.2, 0.25) is 0 Å². The molecular formula is C15H14BrN3OS2. The number of imidazole rings is 1. The molecule has 0 fully saturated rings. The zero-order valence-electron chi connectivity index (χ0n) is 11.9. The van der Waals surface area contributed by atoms with Crippen molar-refractivity contribution in [1.82, 2.24) is 14.5 Å². The molecule has 0 spiro atoms. The topological polar surface area (TPSA) is 50.7 Å². The van der Waals surface area contributed by atoms with Crippen molar-refractivity contribution < 1.29 is 0 Å². The Labute approximate surface area is 144 Å². The first kappa shape index (κ1) is 15.6. The summed E-state index contributed by atoms with van der Waals surface area (Å²) in [5.41, 5.74) is 3.12. The summed E-state index contributed by atoms with van der Waals surface area (Å²) in [5.74, 6) is 0.810. The van der Waals surface area contributed by atoms with Gasteiger partial charge in [0.15, 0.2) is 5.16 Å². The number of thioether (sulfide) groups is 1. The third-order valence-electron chi connectivity index (χ3n) is 3.24. The third-order valence-corrected chi connectivity index (χ3v) is 5.52. The first-order valence-corrected chi connectivity index (χ1v) is 9.38. The van der Waals surface area contributed by atoms with Crippen molar-refractivity contribution in [3.05, 3.63) is 55.7 Å². The van der Waals surface area contributed by atoms with E-state index in [4.69, 9.17) is 0 Å². The lowest BCUT2D eigenvalue weighted by Crippen LogP contribution is -2.15. The Hall–Kier alpha value is -1.31. The van der Waals surface area contributed by atoms with Crippen LogP contribution in [0.5, 0.6) is 0 Å². The van der Waals surface area contributed by atoms with Gasteiger partial charge in [0.2, 0.25) is 0 Å². The van der Waals surface area contributed by atoms with Gasteiger partial charge in [-0.05, 0) is 24.6 Å². The molecule has 0 radical (unpaired) electrons. The Kier molecular flexibility index (Phi) is 4.85. The molecular weight excluding hydrogens is 382 g/mol. The standard InChI is InChI=1S/C15H14BrN3OS2/c1-10-9-22-15(20)19(10)6-7-21-14-17-8-13(18-14)11-2-4-12(16)5-3-11/h2-5,8-9H,6-7H2,1H3,(H,17,18). The number of aryl methyl sites for hydroxylation is 1. The number of benzene rings is 1. The van der Waals surface area contributed by atoms with Crippen molar-refractivity contribution in [1.29, 1.82) is 0 Å². The second-order valence-electron chi connectivity index (χ2n) is 4.75. The second-order valence-corrected chi connectivity index (χ2v) is 7.57. The summed E-state index contributed by atoms with van der Waals surface area (Å²) in [6.07, 6.45) is 1.84. The van der Waals surface area contributed by atoms with E-state index in [9.17, 15) is 4.79 Å². The van der Waals surface area contributed by atoms with Crippen LogP contribution in [-0.4, -0.2) is 20.3 Å². The maximum Gasteiger partial charge on any atom is 0.307 e. The first-order chi connectivity index (χ1) is 10.6. The lowest BCUT2D eigenvalue weighted by Gasteiger charge is -2.02. The number of nitrogens with zero attached hydrogens (tertiary/aromatic N) is 2. The van der Waals surface area contributed by atoms with Gasteiger partial charge < -0.3 is 9.55 Å². The Bertz CT molecular complexity index is 820. The highest BCUT2D eigenvalue weighted by molar-refractivity contribution is 9.10. The Balaban J connectivity index is 1.62. The molecule has 1 N–H and O–H groups in total. The molecule has 114 valence electrons. The van der Waals surface area contributed by atoms with Gasteiger partial charge >= 0.3 is 4.87 Å². The number of thiazole rings is 1. The van der Waals surface area contributed by atoms with Crippen molar-refractivity contribution in [2.75, 3.05) is 5.75 Å². The fourth-order valence-corrected chi connectivity index (χ4v) is 3.86. The van der Waals surface area contributed by atoms with Crippen LogP contribution < -0.4 is 4.87 Å². The van der Waals surface area contributed by atoms with Crippen molar-refractivity contribution in [3.8, 4) is 11.3 Å². The highest BCUT2D eigenvalue weighted by Gasteiger charge is 2.06. The number of aromatic nitrogens is 3. The van der Waals surface area contributed by atoms with Gasteiger partial charge in [-0.2, -0.15) is 0 Å². The molecule has 0 aliphatic rings. The molecule has 0 aliphatic heterocycles. The van der Waals surface area contributed by atoms with E-state index in [0.717, 1.165) is 32.3 Å². The van der Waals surface area contributed by atoms with E-state index in [1.54, 1.807) is 16.3 Å². The number of H-pyrrole nitrogens is 1. The summed E-state index contributed by atoms with van der Waals surface area (Å²) in [6.45, 7) is 2.66. The van der Waals surface area contributed by atoms with Crippen LogP contribution in [0.15, 0.2) is 50.3 Å². The molecule has 0 amide bonds. The Morgan fingerprint density at radius 2 is 2.14 bits per heavy atom. The van der Waals surface area contributed by atoms with Crippen LogP contribution in [0.3, 0.4) is 0 Å². The highest BCUT2D eigenvalue weighted by atomic mass is 79.9. The summed E-state index contributed by atoms with van der Waals surface area (Å²) in [6, 6.07) is 8.10. The van der Waals surface area contributed by atoms with Gasteiger partial charge in [-0.15, -0.1) is 0 Å². The van der Waals surface area contributed by atoms with E-state index in [2.05, 4.69) is 25.9 Å². The lowest BCUT2D eigenvalue weighted by atomic mass is 10.2. The van der Waals surface area contributed by atoms with Gasteiger partial charge in [-0.25, -0.2) is 4.98 Å². The van der Waals surface area contributed by atoms with Crippen molar-refractivity contribution in [2.45, 2.75) is 18.6 Å². The van der Waals surface area contributed by atoms with E-state index in [1.807, 2.05) is 42.8 Å². The quantitative estimate of drug-likeness (QED) is 0.659. The number of halogens is 1. The third kappa shape index (κ3) is 3.53. The predicted octanol–water partition coefficient (Wildman–Crippen LogP) is 4.16. The van der Waals surface area contributed by atoms with Crippen molar-refractivity contribution in [3.63, 3.8) is 0 Å². The average Bonchev–Trinajstić information content (AvgIpc) is 3.10. The fraction of sp³-hybridized carbons (Fsp3) is 0.200. The van der Waals surface area contributed by atoms with Crippen LogP contribution in [0.1, 0.15) is 5.69 Å². The van der Waals surface area contributed by atoms with Gasteiger partial charge in [0.05, 0.1) is 11.9 Å². The van der Waals surface area contributed by atoms with Gasteiger partial charge in [0.25, 0.3) is 0 Å². The monoisotopic (exact) mass is 395 g/mol. The fourth-order valence-electron chi connectivity index (χ4n) is 2.06. The van der Waals surface area contributed by atoms with E-state index in [0.29, 0.717) is 6.54 Å². The average molecular weight is 396 g/mol. The number of nitrogens with one attached hydrogen (secondary N) is 1. The molecule has 0 atom stereocenters. The highest BCUT2D eigenvalue weighted by Crippen LogP contribution is 2.23. The summed E-state index contributed by atoms with van der Waals surface area (Å²) in [4.78, 5) is 19.4. The van der Waals surface area contributed by atoms with Crippen molar-refractivity contribution >= 4 is 39.0 Å². The maximum atomic E-state index is 11.6. The lowest BCUT2D eigenvalue weighted by molar-refractivity contribution is 0.730. The molecule has 3 aromatic rings. The molecule has 0 unspecified atom stereocenters. The second kappa shape index (κ2) is 6.85. The normalized spacial score (nSPS) is 11.0. The number of aromatic amines is 1. The van der Waals surface area contributed by atoms with Crippen LogP contribution in [0.25, 0.3) is 11.3 Å². The van der Waals surface area contributed by atoms with Gasteiger partial charge in [0, 0.05) is 27.8 Å². The predicted molar refractivity (Wildman–Crippen MR) is 95.8 cm³/mol. The summed E-state index contributed by atoms with van der Waals surface area (Å²) in [7, 11) is 0. The zero-order chi connectivity index (χ0) is 15.5. The molecule has 1 aromatic carbocycles. The minimum atomic E-state index is 0.105. The van der Waals surface area contributed by atoms with E-state index < -0.39 is 0 Å². The Morgan fingerprint density at radius 1 is 1.36 bits per heavy atom. The number of hydrogen-bond acceptors (Lipinski definition) is 4. The van der Waals surface area contributed by atoms with E-state index >= 15 is 0 Å².